The molecule has 0 N–H and O–H groups in total. The van der Waals surface area contributed by atoms with E-state index in [-0.39, 0.29) is 0 Å². The molecule has 0 spiro atoms. The average molecular weight is 186 g/mol. The largest absolute Gasteiger partial charge is 0.288 e. The summed E-state index contributed by atoms with van der Waals surface area (Å²) in [5.41, 5.74) is 5.49. The van der Waals surface area contributed by atoms with E-state index in [1.165, 1.54) is 11.1 Å². The summed E-state index contributed by atoms with van der Waals surface area (Å²) in [5, 5.41) is 0. The van der Waals surface area contributed by atoms with Crippen molar-refractivity contribution in [1.82, 2.24) is 0 Å². The predicted molar refractivity (Wildman–Crippen MR) is 61.3 cm³/mol. The van der Waals surface area contributed by atoms with E-state index in [9.17, 15) is 0 Å². The van der Waals surface area contributed by atoms with Crippen LogP contribution in [-0.2, 0) is 0 Å². The van der Waals surface area contributed by atoms with E-state index in [0.717, 1.165) is 0 Å². The fourth-order valence-electron chi connectivity index (χ4n) is 0.900. The minimum Gasteiger partial charge on any atom is -0.288 e. The first-order valence-electron chi connectivity index (χ1n) is 4.61. The van der Waals surface area contributed by atoms with Crippen molar-refractivity contribution < 1.29 is 0 Å². The molecule has 0 aromatic carbocycles. The topological polar surface area (TPSA) is 24.7 Å². The number of aliphatic imine (C=N–C) groups is 2. The van der Waals surface area contributed by atoms with Crippen LogP contribution in [-0.4, -0.2) is 25.2 Å². The van der Waals surface area contributed by atoms with E-state index in [2.05, 4.69) is 35.4 Å². The van der Waals surface area contributed by atoms with Gasteiger partial charge >= 0.3 is 0 Å². The van der Waals surface area contributed by atoms with Gasteiger partial charge in [-0.1, -0.05) is 0 Å². The first kappa shape index (κ1) is 10.5. The summed E-state index contributed by atoms with van der Waals surface area (Å²) in [4.78, 5) is 8.23. The Kier molecular flexibility index (Phi) is 4.43. The fraction of sp³-hybridized carbons (Fsp3) is 0.333. The van der Waals surface area contributed by atoms with Crippen LogP contribution >= 0.6 is 0 Å². The molecule has 0 amide bonds. The van der Waals surface area contributed by atoms with Crippen LogP contribution in [0.1, 0.15) is 13.8 Å². The molecule has 0 saturated carbocycles. The number of allylic oxidation sites excluding steroid dienone is 2. The van der Waals surface area contributed by atoms with Gasteiger partial charge in [0.25, 0.3) is 0 Å². The summed E-state index contributed by atoms with van der Waals surface area (Å²) in [7, 11) is 0. The standard InChI is InChI=1S/C12H14N2/c1-11-6-3-4-7-13-8-5-9-14-10-12(11)2/h4-7H,8,10H2,1-2H3/b12-11-,13-7+. The Morgan fingerprint density at radius 2 is 2.21 bits per heavy atom. The van der Waals surface area contributed by atoms with Crippen LogP contribution < -0.4 is 0 Å². The third-order valence-corrected chi connectivity index (χ3v) is 1.94. The molecule has 2 heteroatoms. The van der Waals surface area contributed by atoms with Gasteiger partial charge in [0, 0.05) is 6.21 Å². The summed E-state index contributed by atoms with van der Waals surface area (Å²) >= 11 is 0. The second-order valence-electron chi connectivity index (χ2n) is 3.10. The zero-order valence-corrected chi connectivity index (χ0v) is 8.62. The van der Waals surface area contributed by atoms with Gasteiger partial charge in [0.05, 0.1) is 13.1 Å². The van der Waals surface area contributed by atoms with Crippen LogP contribution in [0.2, 0.25) is 0 Å². The molecule has 14 heavy (non-hydrogen) atoms. The number of hydrogen-bond acceptors (Lipinski definition) is 2. The van der Waals surface area contributed by atoms with Crippen molar-refractivity contribution in [3.8, 4) is 0 Å². The first-order chi connectivity index (χ1) is 6.80. The van der Waals surface area contributed by atoms with E-state index in [1.807, 2.05) is 18.2 Å². The van der Waals surface area contributed by atoms with Crippen molar-refractivity contribution >= 4 is 12.1 Å². The second kappa shape index (κ2) is 5.93. The van der Waals surface area contributed by atoms with E-state index >= 15 is 0 Å². The van der Waals surface area contributed by atoms with Gasteiger partial charge < -0.3 is 0 Å². The van der Waals surface area contributed by atoms with Gasteiger partial charge in [-0.05, 0) is 49.1 Å². The molecule has 72 valence electrons. The van der Waals surface area contributed by atoms with Crippen LogP contribution in [0.4, 0.5) is 0 Å². The lowest BCUT2D eigenvalue weighted by Gasteiger charge is -1.97. The summed E-state index contributed by atoms with van der Waals surface area (Å²) in [6.45, 7) is 5.45. The Bertz CT molecular complexity index is 371. The Labute approximate surface area is 84.8 Å². The van der Waals surface area contributed by atoms with Crippen LogP contribution in [0.25, 0.3) is 0 Å². The SMILES string of the molecule is C/C1=C(\C)CN=C=CC/N=C/C=C=C1. The number of hydrogen-bond donors (Lipinski definition) is 0. The minimum atomic E-state index is 0.628. The van der Waals surface area contributed by atoms with E-state index in [1.54, 1.807) is 6.21 Å². The lowest BCUT2D eigenvalue weighted by Crippen LogP contribution is -1.86. The fourth-order valence-corrected chi connectivity index (χ4v) is 0.900. The molecule has 0 atom stereocenters. The second-order valence-corrected chi connectivity index (χ2v) is 3.10. The van der Waals surface area contributed by atoms with Crippen molar-refractivity contribution in [1.29, 1.82) is 0 Å². The first-order valence-corrected chi connectivity index (χ1v) is 4.61. The Balaban J connectivity index is 2.94. The van der Waals surface area contributed by atoms with Gasteiger partial charge in [-0.3, -0.25) is 4.99 Å². The maximum absolute atomic E-state index is 4.14. The Morgan fingerprint density at radius 3 is 3.07 bits per heavy atom. The zero-order valence-electron chi connectivity index (χ0n) is 8.62. The quantitative estimate of drug-likeness (QED) is 0.519. The smallest absolute Gasteiger partial charge is 0.0697 e. The monoisotopic (exact) mass is 186 g/mol. The normalized spacial score (nSPS) is 24.4. The van der Waals surface area contributed by atoms with E-state index < -0.39 is 0 Å². The van der Waals surface area contributed by atoms with Crippen molar-refractivity contribution in [2.24, 2.45) is 9.98 Å². The Hall–Kier alpha value is -1.62. The van der Waals surface area contributed by atoms with Crippen molar-refractivity contribution in [3.63, 3.8) is 0 Å². The molecule has 2 nitrogen and oxygen atoms in total. The molecule has 0 aromatic rings. The lowest BCUT2D eigenvalue weighted by molar-refractivity contribution is 1.11. The summed E-state index contributed by atoms with van der Waals surface area (Å²) in [5.74, 6) is 2.86. The number of nitrogens with zero attached hydrogens (tertiary/aromatic N) is 2. The maximum Gasteiger partial charge on any atom is 0.0697 e. The third kappa shape index (κ3) is 3.86. The van der Waals surface area contributed by atoms with Gasteiger partial charge in [-0.2, -0.15) is 0 Å². The van der Waals surface area contributed by atoms with Crippen LogP contribution in [0.5, 0.6) is 0 Å². The van der Waals surface area contributed by atoms with Gasteiger partial charge in [-0.25, -0.2) is 4.99 Å². The van der Waals surface area contributed by atoms with Crippen LogP contribution in [0, 0.1) is 0 Å². The molecule has 1 heterocycles. The van der Waals surface area contributed by atoms with Crippen molar-refractivity contribution in [2.45, 2.75) is 13.8 Å². The van der Waals surface area contributed by atoms with Crippen LogP contribution in [0.15, 0.2) is 45.1 Å². The molecule has 0 bridgehead atoms. The molecular formula is C12H14N2. The Morgan fingerprint density at radius 1 is 1.36 bits per heavy atom. The molecule has 0 unspecified atom stereocenters. The summed E-state index contributed by atoms with van der Waals surface area (Å²) in [6, 6.07) is 0. The van der Waals surface area contributed by atoms with Gasteiger partial charge in [0.1, 0.15) is 0 Å². The lowest BCUT2D eigenvalue weighted by atomic mass is 10.1. The van der Waals surface area contributed by atoms with Gasteiger partial charge in [-0.15, -0.1) is 5.73 Å². The number of rotatable bonds is 0. The van der Waals surface area contributed by atoms with Crippen molar-refractivity contribution in [2.75, 3.05) is 13.1 Å². The highest BCUT2D eigenvalue weighted by Crippen LogP contribution is 2.04. The van der Waals surface area contributed by atoms with Crippen molar-refractivity contribution in [3.05, 3.63) is 35.1 Å². The summed E-state index contributed by atoms with van der Waals surface area (Å²) in [6.07, 6.45) is 7.31. The predicted octanol–water partition coefficient (Wildman–Crippen LogP) is 2.34. The highest BCUT2D eigenvalue weighted by atomic mass is 14.7. The molecule has 0 saturated heterocycles. The van der Waals surface area contributed by atoms with Gasteiger partial charge in [0.15, 0.2) is 0 Å². The highest BCUT2D eigenvalue weighted by molar-refractivity contribution is 5.71. The third-order valence-electron chi connectivity index (χ3n) is 1.94. The maximum atomic E-state index is 4.14. The highest BCUT2D eigenvalue weighted by Gasteiger charge is 1.90. The minimum absolute atomic E-state index is 0.628. The molecule has 1 aliphatic rings. The molecule has 1 rings (SSSR count). The molecular weight excluding hydrogens is 172 g/mol. The van der Waals surface area contributed by atoms with Gasteiger partial charge in [0.2, 0.25) is 0 Å². The van der Waals surface area contributed by atoms with Crippen LogP contribution in [0.3, 0.4) is 0 Å². The molecule has 0 fully saturated rings. The average Bonchev–Trinajstić information content (AvgIpc) is 2.18. The molecule has 0 radical (unpaired) electrons. The zero-order chi connectivity index (χ0) is 10.2. The summed E-state index contributed by atoms with van der Waals surface area (Å²) < 4.78 is 0. The molecule has 0 aromatic heterocycles. The van der Waals surface area contributed by atoms with E-state index in [4.69, 9.17) is 0 Å². The molecule has 0 aliphatic carbocycles. The molecule has 1 aliphatic heterocycles. The van der Waals surface area contributed by atoms with E-state index in [0.29, 0.717) is 13.1 Å².